The number of rotatable bonds is 6. The molecule has 1 aliphatic rings. The highest BCUT2D eigenvalue weighted by Crippen LogP contribution is 2.18. The lowest BCUT2D eigenvalue weighted by atomic mass is 10.1. The molecule has 0 amide bonds. The van der Waals surface area contributed by atoms with Crippen LogP contribution in [0.1, 0.15) is 32.3 Å². The maximum Gasteiger partial charge on any atom is 0.0369 e. The van der Waals surface area contributed by atoms with E-state index in [1.165, 1.54) is 43.7 Å². The van der Waals surface area contributed by atoms with E-state index in [2.05, 4.69) is 47.9 Å². The lowest BCUT2D eigenvalue weighted by molar-refractivity contribution is 0.342. The Kier molecular flexibility index (Phi) is 5.23. The van der Waals surface area contributed by atoms with E-state index < -0.39 is 0 Å². The van der Waals surface area contributed by atoms with E-state index in [9.17, 15) is 0 Å². The maximum atomic E-state index is 5.66. The summed E-state index contributed by atoms with van der Waals surface area (Å²) in [6.45, 7) is 9.99. The smallest absolute Gasteiger partial charge is 0.0369 e. The Morgan fingerprint density at radius 1 is 1.16 bits per heavy atom. The third-order valence-corrected chi connectivity index (χ3v) is 3.98. The van der Waals surface area contributed by atoms with E-state index in [0.717, 1.165) is 6.54 Å². The Hall–Kier alpha value is -1.06. The number of likely N-dealkylation sites (tertiary alicyclic amines) is 1. The number of hydrogen-bond donors (Lipinski definition) is 1. The van der Waals surface area contributed by atoms with Gasteiger partial charge in [0.2, 0.25) is 0 Å². The van der Waals surface area contributed by atoms with Crippen LogP contribution in [0.25, 0.3) is 0 Å². The Morgan fingerprint density at radius 3 is 2.32 bits per heavy atom. The molecule has 1 heterocycles. The molecule has 2 N–H and O–H groups in total. The van der Waals surface area contributed by atoms with Crippen LogP contribution in [0, 0.1) is 0 Å². The van der Waals surface area contributed by atoms with Crippen LogP contribution in [0.2, 0.25) is 0 Å². The van der Waals surface area contributed by atoms with E-state index in [-0.39, 0.29) is 0 Å². The molecule has 0 aliphatic carbocycles. The van der Waals surface area contributed by atoms with Crippen molar-refractivity contribution in [3.8, 4) is 0 Å². The van der Waals surface area contributed by atoms with Crippen LogP contribution in [-0.4, -0.2) is 37.1 Å². The molecule has 106 valence electrons. The van der Waals surface area contributed by atoms with Gasteiger partial charge in [-0.1, -0.05) is 12.1 Å². The number of hydrogen-bond acceptors (Lipinski definition) is 3. The van der Waals surface area contributed by atoms with E-state index in [0.29, 0.717) is 12.6 Å². The van der Waals surface area contributed by atoms with Crippen molar-refractivity contribution >= 4 is 5.69 Å². The molecule has 3 heteroatoms. The summed E-state index contributed by atoms with van der Waals surface area (Å²) >= 11 is 0. The summed E-state index contributed by atoms with van der Waals surface area (Å²) < 4.78 is 0. The minimum atomic E-state index is 0.534. The second kappa shape index (κ2) is 6.92. The van der Waals surface area contributed by atoms with Gasteiger partial charge in [-0.25, -0.2) is 0 Å². The molecule has 0 spiro atoms. The predicted octanol–water partition coefficient (Wildman–Crippen LogP) is 2.46. The summed E-state index contributed by atoms with van der Waals surface area (Å²) in [4.78, 5) is 5.06. The van der Waals surface area contributed by atoms with Gasteiger partial charge in [0.05, 0.1) is 0 Å². The third kappa shape index (κ3) is 3.95. The monoisotopic (exact) mass is 261 g/mol. The highest BCUT2D eigenvalue weighted by Gasteiger charge is 2.15. The number of benzene rings is 1. The first-order valence-corrected chi connectivity index (χ1v) is 7.48. The average molecular weight is 261 g/mol. The molecule has 0 unspecified atom stereocenters. The van der Waals surface area contributed by atoms with Gasteiger partial charge in [-0.2, -0.15) is 0 Å². The minimum Gasteiger partial charge on any atom is -0.368 e. The molecular formula is C16H27N3. The standard InChI is InChI=1S/C16H27N3/c1-14(2)19(12-11-18-9-3-4-10-18)16-7-5-15(13-17)6-8-16/h5-8,14H,3-4,9-13,17H2,1-2H3. The molecular weight excluding hydrogens is 234 g/mol. The average Bonchev–Trinajstić information content (AvgIpc) is 2.92. The first-order valence-electron chi connectivity index (χ1n) is 7.48. The summed E-state index contributed by atoms with van der Waals surface area (Å²) in [5, 5.41) is 0. The number of nitrogens with two attached hydrogens (primary N) is 1. The first kappa shape index (κ1) is 14.4. The SMILES string of the molecule is CC(C)N(CCN1CCCC1)c1ccc(CN)cc1. The van der Waals surface area contributed by atoms with Gasteiger partial charge in [-0.05, 0) is 57.5 Å². The highest BCUT2D eigenvalue weighted by molar-refractivity contribution is 5.48. The van der Waals surface area contributed by atoms with Gasteiger partial charge in [0.25, 0.3) is 0 Å². The molecule has 1 aliphatic heterocycles. The molecule has 0 radical (unpaired) electrons. The molecule has 1 fully saturated rings. The Labute approximate surface area is 117 Å². The minimum absolute atomic E-state index is 0.534. The van der Waals surface area contributed by atoms with Crippen molar-refractivity contribution in [1.82, 2.24) is 4.90 Å². The molecule has 2 rings (SSSR count). The van der Waals surface area contributed by atoms with Gasteiger partial charge in [-0.15, -0.1) is 0 Å². The van der Waals surface area contributed by atoms with Crippen molar-refractivity contribution in [2.75, 3.05) is 31.1 Å². The van der Waals surface area contributed by atoms with Crippen LogP contribution in [0.5, 0.6) is 0 Å². The summed E-state index contributed by atoms with van der Waals surface area (Å²) in [5.41, 5.74) is 8.17. The van der Waals surface area contributed by atoms with Crippen molar-refractivity contribution in [3.05, 3.63) is 29.8 Å². The van der Waals surface area contributed by atoms with Gasteiger partial charge >= 0.3 is 0 Å². The molecule has 0 saturated carbocycles. The maximum absolute atomic E-state index is 5.66. The van der Waals surface area contributed by atoms with Gasteiger partial charge < -0.3 is 15.5 Å². The molecule has 0 bridgehead atoms. The number of anilines is 1. The Bertz CT molecular complexity index is 366. The van der Waals surface area contributed by atoms with Crippen molar-refractivity contribution in [3.63, 3.8) is 0 Å². The highest BCUT2D eigenvalue weighted by atomic mass is 15.2. The zero-order valence-corrected chi connectivity index (χ0v) is 12.3. The lowest BCUT2D eigenvalue weighted by Gasteiger charge is -2.31. The predicted molar refractivity (Wildman–Crippen MR) is 82.5 cm³/mol. The molecule has 3 nitrogen and oxygen atoms in total. The third-order valence-electron chi connectivity index (χ3n) is 3.98. The van der Waals surface area contributed by atoms with Crippen LogP contribution >= 0.6 is 0 Å². The fourth-order valence-electron chi connectivity index (χ4n) is 2.76. The summed E-state index contributed by atoms with van der Waals surface area (Å²) in [5.74, 6) is 0. The van der Waals surface area contributed by atoms with Crippen LogP contribution < -0.4 is 10.6 Å². The fraction of sp³-hybridized carbons (Fsp3) is 0.625. The molecule has 0 atom stereocenters. The Morgan fingerprint density at radius 2 is 1.79 bits per heavy atom. The molecule has 1 aromatic carbocycles. The van der Waals surface area contributed by atoms with Crippen molar-refractivity contribution < 1.29 is 0 Å². The second-order valence-electron chi connectivity index (χ2n) is 5.71. The van der Waals surface area contributed by atoms with Gasteiger partial charge in [0.1, 0.15) is 0 Å². The molecule has 1 saturated heterocycles. The van der Waals surface area contributed by atoms with Crippen LogP contribution in [-0.2, 0) is 6.54 Å². The normalized spacial score (nSPS) is 16.2. The largest absolute Gasteiger partial charge is 0.368 e. The van der Waals surface area contributed by atoms with Crippen molar-refractivity contribution in [1.29, 1.82) is 0 Å². The second-order valence-corrected chi connectivity index (χ2v) is 5.71. The lowest BCUT2D eigenvalue weighted by Crippen LogP contribution is -2.38. The molecule has 19 heavy (non-hydrogen) atoms. The number of nitrogens with zero attached hydrogens (tertiary/aromatic N) is 2. The summed E-state index contributed by atoms with van der Waals surface area (Å²) in [6.07, 6.45) is 2.74. The van der Waals surface area contributed by atoms with E-state index in [1.807, 2.05) is 0 Å². The van der Waals surface area contributed by atoms with Crippen molar-refractivity contribution in [2.45, 2.75) is 39.3 Å². The molecule has 0 aromatic heterocycles. The topological polar surface area (TPSA) is 32.5 Å². The van der Waals surface area contributed by atoms with Crippen LogP contribution in [0.15, 0.2) is 24.3 Å². The van der Waals surface area contributed by atoms with Gasteiger partial charge in [0, 0.05) is 31.4 Å². The fourth-order valence-corrected chi connectivity index (χ4v) is 2.76. The van der Waals surface area contributed by atoms with Crippen LogP contribution in [0.4, 0.5) is 5.69 Å². The first-order chi connectivity index (χ1) is 9.20. The van der Waals surface area contributed by atoms with Gasteiger partial charge in [0.15, 0.2) is 0 Å². The summed E-state index contributed by atoms with van der Waals surface area (Å²) in [6, 6.07) is 9.21. The van der Waals surface area contributed by atoms with E-state index >= 15 is 0 Å². The quantitative estimate of drug-likeness (QED) is 0.854. The van der Waals surface area contributed by atoms with E-state index in [1.54, 1.807) is 0 Å². The summed E-state index contributed by atoms with van der Waals surface area (Å²) in [7, 11) is 0. The molecule has 1 aromatic rings. The zero-order chi connectivity index (χ0) is 13.7. The Balaban J connectivity index is 1.97. The van der Waals surface area contributed by atoms with Crippen LogP contribution in [0.3, 0.4) is 0 Å². The van der Waals surface area contributed by atoms with Gasteiger partial charge in [-0.3, -0.25) is 0 Å². The van der Waals surface area contributed by atoms with Crippen molar-refractivity contribution in [2.24, 2.45) is 5.73 Å². The zero-order valence-electron chi connectivity index (χ0n) is 12.3. The van der Waals surface area contributed by atoms with E-state index in [4.69, 9.17) is 5.73 Å².